The third kappa shape index (κ3) is 8.64. The minimum atomic E-state index is 0.0282. The first kappa shape index (κ1) is 23.2. The van der Waals surface area contributed by atoms with Crippen LogP contribution in [0, 0.1) is 0 Å². The zero-order valence-corrected chi connectivity index (χ0v) is 18.2. The molecule has 0 unspecified atom stereocenters. The number of rotatable bonds is 13. The second kappa shape index (κ2) is 13.0. The topological polar surface area (TPSA) is 70.3 Å². The van der Waals surface area contributed by atoms with Gasteiger partial charge in [-0.3, -0.25) is 0 Å². The predicted molar refractivity (Wildman–Crippen MR) is 129 cm³/mol. The molecule has 0 saturated carbocycles. The summed E-state index contributed by atoms with van der Waals surface area (Å²) in [6, 6.07) is 31.5. The molecule has 5 N–H and O–H groups in total. The smallest absolute Gasteiger partial charge is 0.0587 e. The van der Waals surface area contributed by atoms with Crippen molar-refractivity contribution in [3.63, 3.8) is 0 Å². The molecule has 3 atom stereocenters. The fourth-order valence-electron chi connectivity index (χ4n) is 3.83. The summed E-state index contributed by atoms with van der Waals surface area (Å²) in [7, 11) is 0. The number of aliphatic hydroxyl groups is 1. The van der Waals surface area contributed by atoms with E-state index in [0.717, 1.165) is 32.4 Å². The van der Waals surface area contributed by atoms with Crippen LogP contribution in [0.2, 0.25) is 0 Å². The highest BCUT2D eigenvalue weighted by Gasteiger charge is 2.15. The first-order chi connectivity index (χ1) is 15.2. The standard InChI is InChI=1S/C27H35N3O/c28-25(16-22-10-4-1-5-11-22)19-29-26(17-23-12-6-2-7-13-23)20-30-27(21-31)18-24-14-8-3-9-15-24/h1-15,25-27,29-31H,16-21,28H2/t25-,26+,27+/m1/s1. The molecule has 0 saturated heterocycles. The quantitative estimate of drug-likeness (QED) is 0.345. The number of aliphatic hydroxyl groups excluding tert-OH is 1. The van der Waals surface area contributed by atoms with Crippen molar-refractivity contribution in [2.24, 2.45) is 5.73 Å². The van der Waals surface area contributed by atoms with Crippen molar-refractivity contribution < 1.29 is 5.11 Å². The van der Waals surface area contributed by atoms with E-state index < -0.39 is 0 Å². The maximum atomic E-state index is 9.87. The van der Waals surface area contributed by atoms with E-state index in [9.17, 15) is 5.11 Å². The average Bonchev–Trinajstić information content (AvgIpc) is 2.82. The summed E-state index contributed by atoms with van der Waals surface area (Å²) >= 11 is 0. The molecule has 3 aromatic rings. The Morgan fingerprint density at radius 1 is 0.581 bits per heavy atom. The van der Waals surface area contributed by atoms with Gasteiger partial charge in [-0.15, -0.1) is 0 Å². The Kier molecular flexibility index (Phi) is 9.74. The maximum Gasteiger partial charge on any atom is 0.0587 e. The van der Waals surface area contributed by atoms with Crippen LogP contribution in [0.15, 0.2) is 91.0 Å². The van der Waals surface area contributed by atoms with Crippen molar-refractivity contribution in [2.45, 2.75) is 37.4 Å². The van der Waals surface area contributed by atoms with E-state index in [1.54, 1.807) is 0 Å². The molecule has 0 bridgehead atoms. The molecule has 4 heteroatoms. The van der Waals surface area contributed by atoms with Gasteiger partial charge in [-0.2, -0.15) is 0 Å². The van der Waals surface area contributed by atoms with E-state index in [2.05, 4.69) is 71.3 Å². The minimum Gasteiger partial charge on any atom is -0.395 e. The summed E-state index contributed by atoms with van der Waals surface area (Å²) in [5, 5.41) is 17.1. The number of benzene rings is 3. The summed E-state index contributed by atoms with van der Waals surface area (Å²) in [6.45, 7) is 1.63. The number of hydrogen-bond acceptors (Lipinski definition) is 4. The fourth-order valence-corrected chi connectivity index (χ4v) is 3.83. The van der Waals surface area contributed by atoms with E-state index in [4.69, 9.17) is 5.73 Å². The van der Waals surface area contributed by atoms with Crippen LogP contribution < -0.4 is 16.4 Å². The lowest BCUT2D eigenvalue weighted by Crippen LogP contribution is -2.49. The highest BCUT2D eigenvalue weighted by atomic mass is 16.3. The van der Waals surface area contributed by atoms with Gasteiger partial charge in [0.1, 0.15) is 0 Å². The first-order valence-corrected chi connectivity index (χ1v) is 11.2. The van der Waals surface area contributed by atoms with Gasteiger partial charge in [0.2, 0.25) is 0 Å². The average molecular weight is 418 g/mol. The zero-order chi connectivity index (χ0) is 21.7. The van der Waals surface area contributed by atoms with Gasteiger partial charge >= 0.3 is 0 Å². The molecule has 0 spiro atoms. The second-order valence-corrected chi connectivity index (χ2v) is 8.22. The van der Waals surface area contributed by atoms with Crippen LogP contribution in [-0.2, 0) is 19.3 Å². The highest BCUT2D eigenvalue weighted by molar-refractivity contribution is 5.18. The molecule has 0 aromatic heterocycles. The molecule has 164 valence electrons. The summed E-state index contributed by atoms with van der Waals surface area (Å²) in [5.41, 5.74) is 10.2. The van der Waals surface area contributed by atoms with E-state index >= 15 is 0 Å². The van der Waals surface area contributed by atoms with Gasteiger partial charge in [-0.1, -0.05) is 91.0 Å². The normalized spacial score (nSPS) is 14.1. The third-order valence-electron chi connectivity index (χ3n) is 5.53. The lowest BCUT2D eigenvalue weighted by atomic mass is 10.0. The van der Waals surface area contributed by atoms with Gasteiger partial charge < -0.3 is 21.5 Å². The van der Waals surface area contributed by atoms with Gasteiger partial charge in [0.15, 0.2) is 0 Å². The largest absolute Gasteiger partial charge is 0.395 e. The van der Waals surface area contributed by atoms with Gasteiger partial charge in [0.25, 0.3) is 0 Å². The molecule has 3 aromatic carbocycles. The lowest BCUT2D eigenvalue weighted by Gasteiger charge is -2.25. The van der Waals surface area contributed by atoms with Crippen LogP contribution >= 0.6 is 0 Å². The van der Waals surface area contributed by atoms with Crippen molar-refractivity contribution in [1.82, 2.24) is 10.6 Å². The van der Waals surface area contributed by atoms with E-state index in [1.807, 2.05) is 30.3 Å². The minimum absolute atomic E-state index is 0.0282. The molecule has 0 aliphatic heterocycles. The molecular formula is C27H35N3O. The first-order valence-electron chi connectivity index (χ1n) is 11.2. The Bertz CT molecular complexity index is 842. The SMILES string of the molecule is N[C@@H](CN[C@H](CN[C@H](CO)Cc1ccccc1)Cc1ccccc1)Cc1ccccc1. The van der Waals surface area contributed by atoms with Crippen LogP contribution in [0.1, 0.15) is 16.7 Å². The van der Waals surface area contributed by atoms with E-state index in [1.165, 1.54) is 16.7 Å². The number of nitrogens with one attached hydrogen (secondary N) is 2. The molecule has 0 fully saturated rings. The van der Waals surface area contributed by atoms with Gasteiger partial charge in [0.05, 0.1) is 6.61 Å². The number of nitrogens with two attached hydrogens (primary N) is 1. The summed E-state index contributed by atoms with van der Waals surface area (Å²) < 4.78 is 0. The van der Waals surface area contributed by atoms with Crippen molar-refractivity contribution >= 4 is 0 Å². The Balaban J connectivity index is 1.55. The summed E-state index contributed by atoms with van der Waals surface area (Å²) in [5.74, 6) is 0. The van der Waals surface area contributed by atoms with Gasteiger partial charge in [-0.05, 0) is 36.0 Å². The molecule has 0 aliphatic carbocycles. The van der Waals surface area contributed by atoms with Crippen LogP contribution in [0.3, 0.4) is 0 Å². The zero-order valence-electron chi connectivity index (χ0n) is 18.2. The van der Waals surface area contributed by atoms with Crippen LogP contribution in [0.4, 0.5) is 0 Å². The van der Waals surface area contributed by atoms with Crippen LogP contribution in [-0.4, -0.2) is 42.9 Å². The van der Waals surface area contributed by atoms with Crippen molar-refractivity contribution in [3.05, 3.63) is 108 Å². The molecule has 3 rings (SSSR count). The van der Waals surface area contributed by atoms with Gasteiger partial charge in [0, 0.05) is 31.2 Å². The van der Waals surface area contributed by atoms with Crippen LogP contribution in [0.25, 0.3) is 0 Å². The molecule has 31 heavy (non-hydrogen) atoms. The Morgan fingerprint density at radius 3 is 1.48 bits per heavy atom. The highest BCUT2D eigenvalue weighted by Crippen LogP contribution is 2.07. The van der Waals surface area contributed by atoms with Gasteiger partial charge in [-0.25, -0.2) is 0 Å². The van der Waals surface area contributed by atoms with Crippen molar-refractivity contribution in [3.8, 4) is 0 Å². The van der Waals surface area contributed by atoms with E-state index in [0.29, 0.717) is 0 Å². The Hall–Kier alpha value is -2.50. The monoisotopic (exact) mass is 417 g/mol. The van der Waals surface area contributed by atoms with Crippen molar-refractivity contribution in [1.29, 1.82) is 0 Å². The summed E-state index contributed by atoms with van der Waals surface area (Å²) in [6.07, 6.45) is 2.57. The maximum absolute atomic E-state index is 9.87. The predicted octanol–water partition coefficient (Wildman–Crippen LogP) is 2.95. The second-order valence-electron chi connectivity index (χ2n) is 8.22. The lowest BCUT2D eigenvalue weighted by molar-refractivity contribution is 0.237. The van der Waals surface area contributed by atoms with Crippen LogP contribution in [0.5, 0.6) is 0 Å². The fraction of sp³-hybridized carbons (Fsp3) is 0.333. The Morgan fingerprint density at radius 2 is 1.00 bits per heavy atom. The molecule has 0 radical (unpaired) electrons. The molecular weight excluding hydrogens is 382 g/mol. The molecule has 0 aliphatic rings. The summed E-state index contributed by atoms with van der Waals surface area (Å²) in [4.78, 5) is 0. The van der Waals surface area contributed by atoms with Crippen molar-refractivity contribution in [2.75, 3.05) is 19.7 Å². The molecule has 0 amide bonds. The molecule has 4 nitrogen and oxygen atoms in total. The number of hydrogen-bond donors (Lipinski definition) is 4. The van der Waals surface area contributed by atoms with E-state index in [-0.39, 0.29) is 24.7 Å². The Labute approximate surface area is 186 Å². The third-order valence-corrected chi connectivity index (χ3v) is 5.53. The molecule has 0 heterocycles.